The zero-order valence-electron chi connectivity index (χ0n) is 17.6. The fourth-order valence-corrected chi connectivity index (χ4v) is 4.13. The number of hydrogen-bond acceptors (Lipinski definition) is 3. The maximum atomic E-state index is 13.3. The maximum absolute atomic E-state index is 13.3. The van der Waals surface area contributed by atoms with Crippen LogP contribution in [0.5, 0.6) is 0 Å². The van der Waals surface area contributed by atoms with Crippen LogP contribution in [0.3, 0.4) is 0 Å². The molecule has 0 spiro atoms. The summed E-state index contributed by atoms with van der Waals surface area (Å²) >= 11 is 0. The first-order valence-corrected chi connectivity index (χ1v) is 10.9. The smallest absolute Gasteiger partial charge is 0.239 e. The topological polar surface area (TPSA) is 35.6 Å². The maximum Gasteiger partial charge on any atom is 0.239 e. The molecule has 0 aliphatic carbocycles. The number of amides is 1. The molecule has 4 nitrogen and oxygen atoms in total. The van der Waals surface area contributed by atoms with Gasteiger partial charge < -0.3 is 15.1 Å². The summed E-state index contributed by atoms with van der Waals surface area (Å²) < 4.78 is 0. The van der Waals surface area contributed by atoms with E-state index in [-0.39, 0.29) is 11.9 Å². The summed E-state index contributed by atoms with van der Waals surface area (Å²) in [4.78, 5) is 17.9. The molecule has 0 unspecified atom stereocenters. The van der Waals surface area contributed by atoms with Crippen LogP contribution in [-0.2, 0) is 4.79 Å². The highest BCUT2D eigenvalue weighted by atomic mass is 16.2. The van der Waals surface area contributed by atoms with E-state index in [9.17, 15) is 4.79 Å². The predicted octanol–water partition coefficient (Wildman–Crippen LogP) is 3.88. The molecule has 152 valence electrons. The summed E-state index contributed by atoms with van der Waals surface area (Å²) in [5, 5.41) is 3.29. The van der Waals surface area contributed by atoms with Crippen LogP contribution < -0.4 is 5.32 Å². The second-order valence-electron chi connectivity index (χ2n) is 7.83. The standard InChI is InChI=1S/C23H39N3O/c1-4-15-26(19-20(5-2)21-12-8-6-9-13-21)23(27)22(24-3)14-18-25-16-10-7-11-17-25/h6,8-9,12-13,20,22,24H,4-5,7,10-11,14-19H2,1-3H3/t20-,22+/m1/s1. The molecule has 27 heavy (non-hydrogen) atoms. The van der Waals surface area contributed by atoms with Crippen molar-refractivity contribution in [2.75, 3.05) is 39.8 Å². The average molecular weight is 374 g/mol. The van der Waals surface area contributed by atoms with Gasteiger partial charge in [0.25, 0.3) is 0 Å². The van der Waals surface area contributed by atoms with E-state index in [2.05, 4.69) is 59.3 Å². The Bertz CT molecular complexity index is 528. The van der Waals surface area contributed by atoms with E-state index in [4.69, 9.17) is 0 Å². The Balaban J connectivity index is 1.97. The molecule has 0 saturated carbocycles. The zero-order chi connectivity index (χ0) is 19.5. The third-order valence-electron chi connectivity index (χ3n) is 5.84. The summed E-state index contributed by atoms with van der Waals surface area (Å²) in [6, 6.07) is 10.6. The van der Waals surface area contributed by atoms with Crippen LogP contribution in [0.1, 0.15) is 63.9 Å². The fourth-order valence-electron chi connectivity index (χ4n) is 4.13. The van der Waals surface area contributed by atoms with Crippen LogP contribution in [0.15, 0.2) is 30.3 Å². The van der Waals surface area contributed by atoms with Crippen molar-refractivity contribution in [2.45, 2.75) is 64.3 Å². The highest BCUT2D eigenvalue weighted by Gasteiger charge is 2.25. The van der Waals surface area contributed by atoms with Crippen molar-refractivity contribution < 1.29 is 4.79 Å². The number of piperidine rings is 1. The molecule has 1 heterocycles. The zero-order valence-corrected chi connectivity index (χ0v) is 17.6. The second kappa shape index (κ2) is 12.1. The van der Waals surface area contributed by atoms with Crippen molar-refractivity contribution in [1.82, 2.24) is 15.1 Å². The van der Waals surface area contributed by atoms with Gasteiger partial charge in [-0.25, -0.2) is 0 Å². The van der Waals surface area contributed by atoms with E-state index in [0.29, 0.717) is 5.92 Å². The first-order valence-electron chi connectivity index (χ1n) is 10.9. The molecule has 2 rings (SSSR count). The number of nitrogens with zero attached hydrogens (tertiary/aromatic N) is 2. The Kier molecular flexibility index (Phi) is 9.85. The Hall–Kier alpha value is -1.39. The van der Waals surface area contributed by atoms with Gasteiger partial charge >= 0.3 is 0 Å². The number of rotatable bonds is 11. The largest absolute Gasteiger partial charge is 0.341 e. The van der Waals surface area contributed by atoms with E-state index in [1.165, 1.54) is 37.9 Å². The number of likely N-dealkylation sites (N-methyl/N-ethyl adjacent to an activating group) is 1. The molecule has 1 aromatic rings. The summed E-state index contributed by atoms with van der Waals surface area (Å²) in [5.41, 5.74) is 1.34. The van der Waals surface area contributed by atoms with E-state index < -0.39 is 0 Å². The quantitative estimate of drug-likeness (QED) is 0.639. The van der Waals surface area contributed by atoms with Gasteiger partial charge in [-0.15, -0.1) is 0 Å². The lowest BCUT2D eigenvalue weighted by molar-refractivity contribution is -0.134. The Morgan fingerprint density at radius 3 is 2.44 bits per heavy atom. The second-order valence-corrected chi connectivity index (χ2v) is 7.83. The van der Waals surface area contributed by atoms with Crippen LogP contribution in [0.25, 0.3) is 0 Å². The molecule has 0 bridgehead atoms. The van der Waals surface area contributed by atoms with Crippen LogP contribution in [0, 0.1) is 0 Å². The minimum atomic E-state index is -0.0771. The van der Waals surface area contributed by atoms with Crippen LogP contribution in [0.2, 0.25) is 0 Å². The fraction of sp³-hybridized carbons (Fsp3) is 0.696. The number of likely N-dealkylation sites (tertiary alicyclic amines) is 1. The molecule has 1 amide bonds. The molecular formula is C23H39N3O. The number of nitrogens with one attached hydrogen (secondary N) is 1. The van der Waals surface area contributed by atoms with E-state index in [1.807, 2.05) is 7.05 Å². The molecule has 2 atom stereocenters. The lowest BCUT2D eigenvalue weighted by Crippen LogP contribution is -2.48. The van der Waals surface area contributed by atoms with Gasteiger partial charge in [0.1, 0.15) is 0 Å². The van der Waals surface area contributed by atoms with Gasteiger partial charge in [0, 0.05) is 25.6 Å². The SMILES string of the molecule is CCCN(C[C@@H](CC)c1ccccc1)C(=O)[C@H](CCN1CCCCC1)NC. The van der Waals surface area contributed by atoms with Crippen molar-refractivity contribution in [2.24, 2.45) is 0 Å². The average Bonchev–Trinajstić information content (AvgIpc) is 2.72. The van der Waals surface area contributed by atoms with Gasteiger partial charge in [-0.1, -0.05) is 50.6 Å². The van der Waals surface area contributed by atoms with Crippen LogP contribution in [-0.4, -0.2) is 61.5 Å². The molecule has 1 N–H and O–H groups in total. The monoisotopic (exact) mass is 373 g/mol. The van der Waals surface area contributed by atoms with Crippen molar-refractivity contribution in [3.05, 3.63) is 35.9 Å². The molecule has 0 radical (unpaired) electrons. The summed E-state index contributed by atoms with van der Waals surface area (Å²) in [6.45, 7) is 9.43. The third-order valence-corrected chi connectivity index (χ3v) is 5.84. The highest BCUT2D eigenvalue weighted by Crippen LogP contribution is 2.21. The Morgan fingerprint density at radius 1 is 1.15 bits per heavy atom. The number of carbonyl (C=O) groups is 1. The molecule has 1 aliphatic rings. The molecule has 4 heteroatoms. The number of hydrogen-bond donors (Lipinski definition) is 1. The first kappa shape index (κ1) is 21.9. The number of benzene rings is 1. The molecule has 1 aliphatic heterocycles. The molecule has 0 aromatic heterocycles. The molecule has 1 saturated heterocycles. The highest BCUT2D eigenvalue weighted by molar-refractivity contribution is 5.82. The van der Waals surface area contributed by atoms with Crippen LogP contribution in [0.4, 0.5) is 0 Å². The Labute approximate surface area is 166 Å². The minimum absolute atomic E-state index is 0.0771. The van der Waals surface area contributed by atoms with Gasteiger partial charge in [0.05, 0.1) is 6.04 Å². The summed E-state index contributed by atoms with van der Waals surface area (Å²) in [6.07, 6.45) is 6.91. The van der Waals surface area contributed by atoms with Crippen molar-refractivity contribution >= 4 is 5.91 Å². The minimum Gasteiger partial charge on any atom is -0.341 e. The van der Waals surface area contributed by atoms with Crippen molar-refractivity contribution in [1.29, 1.82) is 0 Å². The van der Waals surface area contributed by atoms with Crippen molar-refractivity contribution in [3.63, 3.8) is 0 Å². The van der Waals surface area contributed by atoms with E-state index in [0.717, 1.165) is 38.9 Å². The van der Waals surface area contributed by atoms with Gasteiger partial charge in [0.15, 0.2) is 0 Å². The van der Waals surface area contributed by atoms with Crippen molar-refractivity contribution in [3.8, 4) is 0 Å². The normalized spacial score (nSPS) is 17.4. The van der Waals surface area contributed by atoms with Gasteiger partial charge in [-0.3, -0.25) is 4.79 Å². The van der Waals surface area contributed by atoms with E-state index >= 15 is 0 Å². The third kappa shape index (κ3) is 6.93. The van der Waals surface area contributed by atoms with Gasteiger partial charge in [0.2, 0.25) is 5.91 Å². The lowest BCUT2D eigenvalue weighted by atomic mass is 9.95. The van der Waals surface area contributed by atoms with Gasteiger partial charge in [-0.2, -0.15) is 0 Å². The molecule has 1 aromatic carbocycles. The van der Waals surface area contributed by atoms with E-state index in [1.54, 1.807) is 0 Å². The van der Waals surface area contributed by atoms with Gasteiger partial charge in [-0.05, 0) is 57.8 Å². The lowest BCUT2D eigenvalue weighted by Gasteiger charge is -2.32. The molecule has 1 fully saturated rings. The first-order chi connectivity index (χ1) is 13.2. The summed E-state index contributed by atoms with van der Waals surface area (Å²) in [7, 11) is 1.93. The number of carbonyl (C=O) groups excluding carboxylic acids is 1. The predicted molar refractivity (Wildman–Crippen MR) is 114 cm³/mol. The Morgan fingerprint density at radius 2 is 1.85 bits per heavy atom. The summed E-state index contributed by atoms with van der Waals surface area (Å²) in [5.74, 6) is 0.673. The molecular weight excluding hydrogens is 334 g/mol. The van der Waals surface area contributed by atoms with Crippen LogP contribution >= 0.6 is 0 Å².